The number of ether oxygens (including phenoxy) is 1. The second-order valence-electron chi connectivity index (χ2n) is 4.48. The van der Waals surface area contributed by atoms with E-state index in [4.69, 9.17) is 17.0 Å². The van der Waals surface area contributed by atoms with Crippen molar-refractivity contribution in [1.29, 1.82) is 0 Å². The number of hydrogen-bond acceptors (Lipinski definition) is 2. The van der Waals surface area contributed by atoms with E-state index in [0.29, 0.717) is 4.77 Å². The Hall–Kier alpha value is -2.33. The second kappa shape index (κ2) is 5.35. The molecule has 0 unspecified atom stereocenters. The third-order valence-corrected chi connectivity index (χ3v) is 3.32. The zero-order valence-corrected chi connectivity index (χ0v) is 11.9. The van der Waals surface area contributed by atoms with Gasteiger partial charge in [-0.05, 0) is 43.4 Å². The third-order valence-electron chi connectivity index (χ3n) is 3.02. The molecule has 0 aliphatic rings. The van der Waals surface area contributed by atoms with Crippen molar-refractivity contribution in [2.24, 2.45) is 0 Å². The molecule has 1 N–H and O–H groups in total. The molecule has 1 heterocycles. The van der Waals surface area contributed by atoms with Crippen LogP contribution in [-0.2, 0) is 0 Å². The van der Waals surface area contributed by atoms with Gasteiger partial charge in [-0.15, -0.1) is 0 Å². The zero-order chi connectivity index (χ0) is 13.9. The Morgan fingerprint density at radius 2 is 1.75 bits per heavy atom. The number of rotatable bonds is 3. The van der Waals surface area contributed by atoms with Crippen LogP contribution in [0.15, 0.2) is 60.8 Å². The number of H-pyrrole nitrogens is 1. The molecule has 0 radical (unpaired) electrons. The van der Waals surface area contributed by atoms with Crippen molar-refractivity contribution in [3.8, 4) is 17.2 Å². The first-order valence-corrected chi connectivity index (χ1v) is 6.75. The van der Waals surface area contributed by atoms with Gasteiger partial charge in [-0.3, -0.25) is 4.57 Å². The largest absolute Gasteiger partial charge is 0.457 e. The lowest BCUT2D eigenvalue weighted by Crippen LogP contribution is -1.96. The Balaban J connectivity index is 1.96. The molecule has 1 aromatic heterocycles. The number of aryl methyl sites for hydroxylation is 1. The third kappa shape index (κ3) is 2.51. The molecule has 0 spiro atoms. The van der Waals surface area contributed by atoms with Crippen molar-refractivity contribution in [1.82, 2.24) is 9.55 Å². The summed E-state index contributed by atoms with van der Waals surface area (Å²) in [7, 11) is 0. The summed E-state index contributed by atoms with van der Waals surface area (Å²) in [6.07, 6.45) is 1.90. The van der Waals surface area contributed by atoms with Crippen LogP contribution in [0, 0.1) is 11.7 Å². The van der Waals surface area contributed by atoms with Gasteiger partial charge in [-0.1, -0.05) is 24.3 Å². The average Bonchev–Trinajstić information content (AvgIpc) is 2.80. The molecular formula is C16H14N2OS. The molecule has 3 aromatic rings. The van der Waals surface area contributed by atoms with E-state index in [2.05, 4.69) is 4.98 Å². The Morgan fingerprint density at radius 1 is 1.00 bits per heavy atom. The summed E-state index contributed by atoms with van der Waals surface area (Å²) >= 11 is 5.29. The van der Waals surface area contributed by atoms with Crippen molar-refractivity contribution in [3.63, 3.8) is 0 Å². The number of aromatic amines is 1. The highest BCUT2D eigenvalue weighted by molar-refractivity contribution is 7.71. The lowest BCUT2D eigenvalue weighted by molar-refractivity contribution is 0.482. The van der Waals surface area contributed by atoms with Gasteiger partial charge >= 0.3 is 0 Å². The minimum absolute atomic E-state index is 0.680. The monoisotopic (exact) mass is 282 g/mol. The predicted octanol–water partition coefficient (Wildman–Crippen LogP) is 4.64. The van der Waals surface area contributed by atoms with Crippen LogP contribution in [0.5, 0.6) is 11.5 Å². The fourth-order valence-corrected chi connectivity index (χ4v) is 2.40. The molecule has 0 fully saturated rings. The first-order valence-electron chi connectivity index (χ1n) is 6.34. The molecule has 0 aliphatic heterocycles. The van der Waals surface area contributed by atoms with Crippen LogP contribution >= 0.6 is 12.2 Å². The van der Waals surface area contributed by atoms with E-state index in [1.165, 1.54) is 0 Å². The first kappa shape index (κ1) is 12.7. The van der Waals surface area contributed by atoms with Crippen LogP contribution in [0.3, 0.4) is 0 Å². The van der Waals surface area contributed by atoms with E-state index >= 15 is 0 Å². The predicted molar refractivity (Wildman–Crippen MR) is 82.2 cm³/mol. The van der Waals surface area contributed by atoms with Crippen LogP contribution in [0.25, 0.3) is 5.69 Å². The molecule has 0 aliphatic carbocycles. The topological polar surface area (TPSA) is 29.9 Å². The molecule has 0 saturated carbocycles. The van der Waals surface area contributed by atoms with E-state index in [0.717, 1.165) is 22.9 Å². The quantitative estimate of drug-likeness (QED) is 0.709. The fraction of sp³-hybridized carbons (Fsp3) is 0.0625. The molecule has 2 aromatic carbocycles. The SMILES string of the molecule is Cc1c[nH]c(=S)n1-c1cccc(Oc2ccccc2)c1. The molecule has 0 bridgehead atoms. The van der Waals surface area contributed by atoms with Crippen LogP contribution in [0.4, 0.5) is 0 Å². The van der Waals surface area contributed by atoms with E-state index in [-0.39, 0.29) is 0 Å². The van der Waals surface area contributed by atoms with Crippen LogP contribution in [-0.4, -0.2) is 9.55 Å². The molecule has 4 heteroatoms. The summed E-state index contributed by atoms with van der Waals surface area (Å²) in [6, 6.07) is 17.6. The lowest BCUT2D eigenvalue weighted by atomic mass is 10.3. The van der Waals surface area contributed by atoms with Gasteiger partial charge in [-0.2, -0.15) is 0 Å². The highest BCUT2D eigenvalue weighted by atomic mass is 32.1. The van der Waals surface area contributed by atoms with E-state index in [9.17, 15) is 0 Å². The minimum Gasteiger partial charge on any atom is -0.457 e. The molecule has 0 atom stereocenters. The van der Waals surface area contributed by atoms with Gasteiger partial charge in [0.25, 0.3) is 0 Å². The Morgan fingerprint density at radius 3 is 2.45 bits per heavy atom. The van der Waals surface area contributed by atoms with Crippen LogP contribution < -0.4 is 4.74 Å². The summed E-state index contributed by atoms with van der Waals surface area (Å²) in [6.45, 7) is 2.01. The van der Waals surface area contributed by atoms with E-state index in [1.54, 1.807) is 0 Å². The number of nitrogens with one attached hydrogen (secondary N) is 1. The van der Waals surface area contributed by atoms with Crippen LogP contribution in [0.1, 0.15) is 5.69 Å². The maximum atomic E-state index is 5.84. The summed E-state index contributed by atoms with van der Waals surface area (Å²) < 4.78 is 8.50. The highest BCUT2D eigenvalue weighted by Gasteiger charge is 2.04. The number of imidazole rings is 1. The Kier molecular flexibility index (Phi) is 3.39. The second-order valence-corrected chi connectivity index (χ2v) is 4.87. The zero-order valence-electron chi connectivity index (χ0n) is 11.0. The molecule has 0 saturated heterocycles. The number of benzene rings is 2. The summed E-state index contributed by atoms with van der Waals surface area (Å²) in [5, 5.41) is 0. The number of aromatic nitrogens is 2. The molecule has 3 nitrogen and oxygen atoms in total. The molecular weight excluding hydrogens is 268 g/mol. The van der Waals surface area contributed by atoms with Gasteiger partial charge in [0, 0.05) is 18.0 Å². The van der Waals surface area contributed by atoms with Crippen molar-refractivity contribution >= 4 is 12.2 Å². The normalized spacial score (nSPS) is 10.4. The lowest BCUT2D eigenvalue weighted by Gasteiger charge is -2.09. The molecule has 0 amide bonds. The van der Waals surface area contributed by atoms with Crippen molar-refractivity contribution in [2.45, 2.75) is 6.92 Å². The molecule has 20 heavy (non-hydrogen) atoms. The van der Waals surface area contributed by atoms with Crippen molar-refractivity contribution in [3.05, 3.63) is 71.3 Å². The standard InChI is InChI=1S/C16H14N2OS/c1-12-11-17-16(20)18(12)13-6-5-9-15(10-13)19-14-7-3-2-4-8-14/h2-11H,1H3,(H,17,20). The van der Waals surface area contributed by atoms with Crippen molar-refractivity contribution < 1.29 is 4.74 Å². The van der Waals surface area contributed by atoms with Gasteiger partial charge in [0.1, 0.15) is 11.5 Å². The van der Waals surface area contributed by atoms with Gasteiger partial charge in [0.05, 0.1) is 5.69 Å². The molecule has 3 rings (SSSR count). The van der Waals surface area contributed by atoms with Gasteiger partial charge < -0.3 is 9.72 Å². The maximum absolute atomic E-state index is 5.84. The average molecular weight is 282 g/mol. The molecule has 100 valence electrons. The Bertz CT molecular complexity index is 774. The maximum Gasteiger partial charge on any atom is 0.182 e. The number of hydrogen-bond donors (Lipinski definition) is 1. The number of para-hydroxylation sites is 1. The van der Waals surface area contributed by atoms with Gasteiger partial charge in [-0.25, -0.2) is 0 Å². The summed E-state index contributed by atoms with van der Waals surface area (Å²) in [5.41, 5.74) is 2.05. The minimum atomic E-state index is 0.680. The fourth-order valence-electron chi connectivity index (χ4n) is 2.09. The Labute approximate surface area is 122 Å². The summed E-state index contributed by atoms with van der Waals surface area (Å²) in [4.78, 5) is 3.04. The van der Waals surface area contributed by atoms with E-state index in [1.807, 2.05) is 72.3 Å². The van der Waals surface area contributed by atoms with Gasteiger partial charge in [0.2, 0.25) is 0 Å². The first-order chi connectivity index (χ1) is 9.74. The van der Waals surface area contributed by atoms with Crippen molar-refractivity contribution in [2.75, 3.05) is 0 Å². The van der Waals surface area contributed by atoms with E-state index < -0.39 is 0 Å². The summed E-state index contributed by atoms with van der Waals surface area (Å²) in [5.74, 6) is 1.61. The van der Waals surface area contributed by atoms with Crippen LogP contribution in [0.2, 0.25) is 0 Å². The number of nitrogens with zero attached hydrogens (tertiary/aromatic N) is 1. The highest BCUT2D eigenvalue weighted by Crippen LogP contribution is 2.24. The van der Waals surface area contributed by atoms with Gasteiger partial charge in [0.15, 0.2) is 4.77 Å². The smallest absolute Gasteiger partial charge is 0.182 e.